The molecular weight excluding hydrogens is 262 g/mol. The quantitative estimate of drug-likeness (QED) is 0.830. The number of halogens is 1. The highest BCUT2D eigenvalue weighted by molar-refractivity contribution is 9.10. The molecule has 2 aromatic heterocycles. The molecule has 0 saturated carbocycles. The Hall–Kier alpha value is -1.61. The van der Waals surface area contributed by atoms with Crippen LogP contribution in [0, 0.1) is 11.3 Å². The van der Waals surface area contributed by atoms with Gasteiger partial charge in [-0.1, -0.05) is 0 Å². The molecule has 0 fully saturated rings. The molecule has 2 aromatic rings. The van der Waals surface area contributed by atoms with Crippen molar-refractivity contribution in [3.8, 4) is 6.07 Å². The Morgan fingerprint density at radius 2 is 2.47 bits per heavy atom. The number of pyridine rings is 1. The fraction of sp³-hybridized carbons (Fsp3) is 0.222. The van der Waals surface area contributed by atoms with Gasteiger partial charge in [-0.3, -0.25) is 4.57 Å². The summed E-state index contributed by atoms with van der Waals surface area (Å²) in [5, 5.41) is 8.45. The lowest BCUT2D eigenvalue weighted by Gasteiger charge is -1.95. The van der Waals surface area contributed by atoms with Crippen LogP contribution in [-0.4, -0.2) is 9.55 Å². The minimum Gasteiger partial charge on any atom is -0.406 e. The van der Waals surface area contributed by atoms with E-state index in [9.17, 15) is 4.79 Å². The summed E-state index contributed by atoms with van der Waals surface area (Å²) in [7, 11) is 0. The molecule has 0 aliphatic carbocycles. The predicted octanol–water partition coefficient (Wildman–Crippen LogP) is 1.67. The third-order valence-corrected chi connectivity index (χ3v) is 2.35. The van der Waals surface area contributed by atoms with E-state index in [-0.39, 0.29) is 6.42 Å². The van der Waals surface area contributed by atoms with E-state index < -0.39 is 5.76 Å². The molecule has 2 heterocycles. The maximum absolute atomic E-state index is 11.4. The van der Waals surface area contributed by atoms with Crippen molar-refractivity contribution in [1.82, 2.24) is 9.55 Å². The van der Waals surface area contributed by atoms with E-state index >= 15 is 0 Å². The molecule has 0 spiro atoms. The number of hydrogen-bond acceptors (Lipinski definition) is 4. The summed E-state index contributed by atoms with van der Waals surface area (Å²) in [5.74, 6) is -0.481. The zero-order valence-electron chi connectivity index (χ0n) is 7.61. The van der Waals surface area contributed by atoms with Gasteiger partial charge in [0.05, 0.1) is 12.5 Å². The molecule has 6 heteroatoms. The average Bonchev–Trinajstić information content (AvgIpc) is 2.50. The van der Waals surface area contributed by atoms with E-state index in [0.29, 0.717) is 17.8 Å². The first kappa shape index (κ1) is 9.93. The Bertz CT molecular complexity index is 593. The van der Waals surface area contributed by atoms with Crippen LogP contribution in [0.25, 0.3) is 11.2 Å². The zero-order chi connectivity index (χ0) is 10.8. The van der Waals surface area contributed by atoms with Gasteiger partial charge in [-0.05, 0) is 15.9 Å². The minimum absolute atomic E-state index is 0.256. The van der Waals surface area contributed by atoms with Crippen molar-refractivity contribution in [3.63, 3.8) is 0 Å². The van der Waals surface area contributed by atoms with Crippen LogP contribution in [0.1, 0.15) is 6.42 Å². The second kappa shape index (κ2) is 3.87. The van der Waals surface area contributed by atoms with E-state index in [1.807, 2.05) is 6.07 Å². The van der Waals surface area contributed by atoms with Gasteiger partial charge in [-0.2, -0.15) is 5.26 Å². The highest BCUT2D eigenvalue weighted by Crippen LogP contribution is 2.16. The van der Waals surface area contributed by atoms with Gasteiger partial charge in [0.15, 0.2) is 11.2 Å². The normalized spacial score (nSPS) is 10.4. The van der Waals surface area contributed by atoms with E-state index in [1.165, 1.54) is 4.57 Å². The van der Waals surface area contributed by atoms with Gasteiger partial charge in [-0.25, -0.2) is 9.78 Å². The Balaban J connectivity index is 2.59. The maximum Gasteiger partial charge on any atom is 0.421 e. The first-order valence-corrected chi connectivity index (χ1v) is 5.03. The first-order chi connectivity index (χ1) is 7.22. The van der Waals surface area contributed by atoms with Crippen molar-refractivity contribution in [1.29, 1.82) is 5.26 Å². The lowest BCUT2D eigenvalue weighted by atomic mass is 10.4. The largest absolute Gasteiger partial charge is 0.421 e. The topological polar surface area (TPSA) is 71.8 Å². The van der Waals surface area contributed by atoms with Gasteiger partial charge >= 0.3 is 5.76 Å². The highest BCUT2D eigenvalue weighted by Gasteiger charge is 2.09. The fourth-order valence-electron chi connectivity index (χ4n) is 1.29. The molecule has 2 rings (SSSR count). The predicted molar refractivity (Wildman–Crippen MR) is 56.2 cm³/mol. The molecular formula is C9H6BrN3O2. The molecule has 0 bridgehead atoms. The fourth-order valence-corrected chi connectivity index (χ4v) is 1.60. The lowest BCUT2D eigenvalue weighted by Crippen LogP contribution is -2.14. The summed E-state index contributed by atoms with van der Waals surface area (Å²) < 4.78 is 7.08. The van der Waals surface area contributed by atoms with Gasteiger partial charge in [-0.15, -0.1) is 0 Å². The number of aryl methyl sites for hydroxylation is 1. The van der Waals surface area contributed by atoms with Crippen LogP contribution in [0.5, 0.6) is 0 Å². The summed E-state index contributed by atoms with van der Waals surface area (Å²) in [4.78, 5) is 15.5. The molecule has 0 aliphatic heterocycles. The third-order valence-electron chi connectivity index (χ3n) is 1.92. The summed E-state index contributed by atoms with van der Waals surface area (Å²) in [5.41, 5.74) is 0.894. The number of nitriles is 1. The monoisotopic (exact) mass is 267 g/mol. The first-order valence-electron chi connectivity index (χ1n) is 4.24. The highest BCUT2D eigenvalue weighted by atomic mass is 79.9. The maximum atomic E-state index is 11.4. The number of nitrogens with zero attached hydrogens (tertiary/aromatic N) is 3. The zero-order valence-corrected chi connectivity index (χ0v) is 9.19. The van der Waals surface area contributed by atoms with Crippen LogP contribution < -0.4 is 5.76 Å². The van der Waals surface area contributed by atoms with Crippen molar-refractivity contribution in [2.24, 2.45) is 0 Å². The van der Waals surface area contributed by atoms with Gasteiger partial charge in [0.2, 0.25) is 0 Å². The molecule has 0 radical (unpaired) electrons. The standard InChI is InChI=1S/C9H6BrN3O2/c10-6-4-7-8(12-5-6)13(3-1-2-11)9(14)15-7/h4-5H,1,3H2. The Labute approximate surface area is 93.1 Å². The van der Waals surface area contributed by atoms with Crippen LogP contribution in [0.2, 0.25) is 0 Å². The molecule has 0 amide bonds. The summed E-state index contributed by atoms with van der Waals surface area (Å²) in [6, 6.07) is 3.64. The van der Waals surface area contributed by atoms with E-state index in [1.54, 1.807) is 12.3 Å². The van der Waals surface area contributed by atoms with Crippen LogP contribution >= 0.6 is 15.9 Å². The average molecular weight is 268 g/mol. The Morgan fingerprint density at radius 3 is 3.20 bits per heavy atom. The molecule has 0 unspecified atom stereocenters. The van der Waals surface area contributed by atoms with Crippen molar-refractivity contribution >= 4 is 27.2 Å². The van der Waals surface area contributed by atoms with Crippen molar-refractivity contribution < 1.29 is 4.42 Å². The Kier molecular flexibility index (Phi) is 2.56. The van der Waals surface area contributed by atoms with Crippen LogP contribution in [-0.2, 0) is 6.54 Å². The van der Waals surface area contributed by atoms with Gasteiger partial charge in [0, 0.05) is 23.3 Å². The summed E-state index contributed by atoms with van der Waals surface area (Å²) in [6.45, 7) is 0.303. The van der Waals surface area contributed by atoms with Crippen molar-refractivity contribution in [2.45, 2.75) is 13.0 Å². The molecule has 0 N–H and O–H groups in total. The van der Waals surface area contributed by atoms with Gasteiger partial charge in [0.1, 0.15) is 0 Å². The number of hydrogen-bond donors (Lipinski definition) is 0. The van der Waals surface area contributed by atoms with Crippen molar-refractivity contribution in [2.75, 3.05) is 0 Å². The third kappa shape index (κ3) is 1.78. The van der Waals surface area contributed by atoms with Crippen LogP contribution in [0.4, 0.5) is 0 Å². The lowest BCUT2D eigenvalue weighted by molar-refractivity contribution is 0.507. The van der Waals surface area contributed by atoms with E-state index in [0.717, 1.165) is 4.47 Å². The minimum atomic E-state index is -0.481. The molecule has 0 saturated heterocycles. The number of aromatic nitrogens is 2. The SMILES string of the molecule is N#CCCn1c(=O)oc2cc(Br)cnc21. The summed E-state index contributed by atoms with van der Waals surface area (Å²) >= 11 is 3.23. The molecule has 5 nitrogen and oxygen atoms in total. The molecule has 0 aliphatic rings. The number of fused-ring (bicyclic) bond motifs is 1. The van der Waals surface area contributed by atoms with E-state index in [2.05, 4.69) is 20.9 Å². The summed E-state index contributed by atoms with van der Waals surface area (Å²) in [6.07, 6.45) is 1.84. The Morgan fingerprint density at radius 1 is 1.67 bits per heavy atom. The molecule has 15 heavy (non-hydrogen) atoms. The number of oxazole rings is 1. The molecule has 76 valence electrons. The van der Waals surface area contributed by atoms with Crippen LogP contribution in [0.15, 0.2) is 25.9 Å². The van der Waals surface area contributed by atoms with Crippen LogP contribution in [0.3, 0.4) is 0 Å². The van der Waals surface area contributed by atoms with Gasteiger partial charge in [0.25, 0.3) is 0 Å². The second-order valence-corrected chi connectivity index (χ2v) is 3.82. The van der Waals surface area contributed by atoms with E-state index in [4.69, 9.17) is 9.68 Å². The van der Waals surface area contributed by atoms with Gasteiger partial charge < -0.3 is 4.42 Å². The second-order valence-electron chi connectivity index (χ2n) is 2.90. The van der Waals surface area contributed by atoms with Crippen molar-refractivity contribution in [3.05, 3.63) is 27.3 Å². The molecule has 0 aromatic carbocycles. The molecule has 0 atom stereocenters. The number of rotatable bonds is 2. The smallest absolute Gasteiger partial charge is 0.406 e.